The molecule has 0 N–H and O–H groups in total. The van der Waals surface area contributed by atoms with Gasteiger partial charge in [-0.2, -0.15) is 0 Å². The number of fused-ring (bicyclic) bond motifs is 1. The van der Waals surface area contributed by atoms with Crippen molar-refractivity contribution in [3.63, 3.8) is 0 Å². The lowest BCUT2D eigenvalue weighted by Gasteiger charge is -1.97. The van der Waals surface area contributed by atoms with Gasteiger partial charge in [-0.25, -0.2) is 4.39 Å². The van der Waals surface area contributed by atoms with E-state index < -0.39 is 0 Å². The molecule has 2 aromatic rings. The summed E-state index contributed by atoms with van der Waals surface area (Å²) >= 11 is 0. The highest BCUT2D eigenvalue weighted by atomic mass is 19.1. The lowest BCUT2D eigenvalue weighted by Crippen LogP contribution is -1.74. The van der Waals surface area contributed by atoms with Gasteiger partial charge < -0.3 is 0 Å². The Morgan fingerprint density at radius 2 is 1.69 bits per heavy atom. The van der Waals surface area contributed by atoms with Gasteiger partial charge in [0.15, 0.2) is 0 Å². The minimum atomic E-state index is 0.560. The van der Waals surface area contributed by atoms with Crippen LogP contribution in [-0.4, -0.2) is 0 Å². The van der Waals surface area contributed by atoms with Crippen LogP contribution in [0.15, 0.2) is 48.8 Å². The zero-order chi connectivity index (χ0) is 9.10. The number of rotatable bonds is 1. The number of hydrogen-bond acceptors (Lipinski definition) is 0. The van der Waals surface area contributed by atoms with Crippen molar-refractivity contribution < 1.29 is 4.39 Å². The molecule has 0 amide bonds. The lowest BCUT2D eigenvalue weighted by molar-refractivity contribution is 0.727. The van der Waals surface area contributed by atoms with Crippen LogP contribution in [0.5, 0.6) is 0 Å². The Kier molecular flexibility index (Phi) is 2.09. The van der Waals surface area contributed by atoms with Crippen molar-refractivity contribution in [3.05, 3.63) is 54.4 Å². The van der Waals surface area contributed by atoms with E-state index >= 15 is 0 Å². The maximum absolute atomic E-state index is 11.9. The molecule has 0 aliphatic carbocycles. The van der Waals surface area contributed by atoms with Crippen LogP contribution < -0.4 is 0 Å². The molecule has 0 fully saturated rings. The molecular formula is C12H9F. The second-order valence-electron chi connectivity index (χ2n) is 2.90. The smallest absolute Gasteiger partial charge is 0.0872 e. The zero-order valence-corrected chi connectivity index (χ0v) is 7.07. The van der Waals surface area contributed by atoms with Crippen LogP contribution in [0.2, 0.25) is 0 Å². The fraction of sp³-hybridized carbons (Fsp3) is 0. The third-order valence-corrected chi connectivity index (χ3v) is 2.03. The molecule has 0 nitrogen and oxygen atoms in total. The average Bonchev–Trinajstić information content (AvgIpc) is 2.18. The van der Waals surface area contributed by atoms with Gasteiger partial charge in [-0.05, 0) is 28.5 Å². The summed E-state index contributed by atoms with van der Waals surface area (Å²) in [5, 5.41) is 2.32. The Morgan fingerprint density at radius 3 is 2.46 bits per heavy atom. The molecule has 0 heterocycles. The van der Waals surface area contributed by atoms with E-state index in [1.165, 1.54) is 11.5 Å². The number of hydrogen-bond donors (Lipinski definition) is 0. The van der Waals surface area contributed by atoms with Crippen LogP contribution in [0, 0.1) is 0 Å². The first-order valence-electron chi connectivity index (χ1n) is 4.16. The molecule has 0 saturated carbocycles. The maximum atomic E-state index is 11.9. The van der Waals surface area contributed by atoms with Gasteiger partial charge in [0.2, 0.25) is 0 Å². The molecule has 0 aliphatic rings. The molecule has 0 spiro atoms. The monoisotopic (exact) mass is 172 g/mol. The highest BCUT2D eigenvalue weighted by molar-refractivity contribution is 5.84. The van der Waals surface area contributed by atoms with Crippen molar-refractivity contribution in [2.75, 3.05) is 0 Å². The van der Waals surface area contributed by atoms with E-state index in [2.05, 4.69) is 0 Å². The van der Waals surface area contributed by atoms with Crippen LogP contribution in [0.4, 0.5) is 4.39 Å². The molecule has 0 bridgehead atoms. The van der Waals surface area contributed by atoms with Crippen molar-refractivity contribution in [3.8, 4) is 0 Å². The summed E-state index contributed by atoms with van der Waals surface area (Å²) in [7, 11) is 0. The Hall–Kier alpha value is -1.63. The summed E-state index contributed by atoms with van der Waals surface area (Å²) in [6.07, 6.45) is 2.01. The molecule has 2 rings (SSSR count). The van der Waals surface area contributed by atoms with Crippen molar-refractivity contribution in [2.24, 2.45) is 0 Å². The Balaban J connectivity index is 2.62. The van der Waals surface area contributed by atoms with E-state index in [1.54, 1.807) is 0 Å². The van der Waals surface area contributed by atoms with E-state index in [9.17, 15) is 4.39 Å². The van der Waals surface area contributed by atoms with Crippen molar-refractivity contribution in [2.45, 2.75) is 0 Å². The summed E-state index contributed by atoms with van der Waals surface area (Å²) in [5.74, 6) is 0. The molecule has 2 aromatic carbocycles. The zero-order valence-electron chi connectivity index (χ0n) is 7.07. The van der Waals surface area contributed by atoms with E-state index in [0.717, 1.165) is 10.9 Å². The van der Waals surface area contributed by atoms with Gasteiger partial charge in [0, 0.05) is 0 Å². The Labute approximate surface area is 76.3 Å². The van der Waals surface area contributed by atoms with E-state index in [-0.39, 0.29) is 0 Å². The van der Waals surface area contributed by atoms with Crippen molar-refractivity contribution in [1.82, 2.24) is 0 Å². The first-order chi connectivity index (χ1) is 6.40. The predicted molar refractivity (Wildman–Crippen MR) is 54.1 cm³/mol. The Bertz CT molecular complexity index is 444. The third-order valence-electron chi connectivity index (χ3n) is 2.03. The molecule has 0 atom stereocenters. The van der Waals surface area contributed by atoms with Crippen LogP contribution >= 0.6 is 0 Å². The Morgan fingerprint density at radius 1 is 0.923 bits per heavy atom. The first kappa shape index (κ1) is 7.99. The maximum Gasteiger partial charge on any atom is 0.0872 e. The van der Waals surface area contributed by atoms with Gasteiger partial charge in [0.05, 0.1) is 6.33 Å². The number of benzene rings is 2. The van der Waals surface area contributed by atoms with Gasteiger partial charge in [-0.15, -0.1) is 0 Å². The summed E-state index contributed by atoms with van der Waals surface area (Å²) < 4.78 is 11.9. The fourth-order valence-corrected chi connectivity index (χ4v) is 1.38. The molecule has 0 saturated heterocycles. The van der Waals surface area contributed by atoms with Gasteiger partial charge in [-0.3, -0.25) is 0 Å². The second kappa shape index (κ2) is 3.40. The largest absolute Gasteiger partial charge is 0.216 e. The van der Waals surface area contributed by atoms with Crippen LogP contribution in [0.1, 0.15) is 5.56 Å². The van der Waals surface area contributed by atoms with Gasteiger partial charge >= 0.3 is 0 Å². The molecule has 0 aliphatic heterocycles. The SMILES string of the molecule is FC=Cc1ccc2ccccc2c1. The summed E-state index contributed by atoms with van der Waals surface area (Å²) in [5.41, 5.74) is 0.890. The molecule has 0 unspecified atom stereocenters. The van der Waals surface area contributed by atoms with Crippen molar-refractivity contribution >= 4 is 16.8 Å². The summed E-state index contributed by atoms with van der Waals surface area (Å²) in [6, 6.07) is 13.9. The quantitative estimate of drug-likeness (QED) is 0.614. The number of halogens is 1. The molecular weight excluding hydrogens is 163 g/mol. The molecule has 0 aromatic heterocycles. The fourth-order valence-electron chi connectivity index (χ4n) is 1.38. The highest BCUT2D eigenvalue weighted by Gasteiger charge is 1.91. The predicted octanol–water partition coefficient (Wildman–Crippen LogP) is 3.78. The summed E-state index contributed by atoms with van der Waals surface area (Å²) in [6.45, 7) is 0. The average molecular weight is 172 g/mol. The van der Waals surface area contributed by atoms with Gasteiger partial charge in [-0.1, -0.05) is 36.4 Å². The standard InChI is InChI=1S/C12H9F/c13-8-7-10-5-6-11-3-1-2-4-12(11)9-10/h1-9H. The van der Waals surface area contributed by atoms with Crippen LogP contribution in [-0.2, 0) is 0 Å². The molecule has 1 heteroatoms. The van der Waals surface area contributed by atoms with Gasteiger partial charge in [0.1, 0.15) is 0 Å². The second-order valence-corrected chi connectivity index (χ2v) is 2.90. The normalized spacial score (nSPS) is 11.2. The molecule has 0 radical (unpaired) electrons. The van der Waals surface area contributed by atoms with E-state index in [0.29, 0.717) is 6.33 Å². The molecule has 64 valence electrons. The van der Waals surface area contributed by atoms with Crippen molar-refractivity contribution in [1.29, 1.82) is 0 Å². The highest BCUT2D eigenvalue weighted by Crippen LogP contribution is 2.16. The van der Waals surface area contributed by atoms with Crippen LogP contribution in [0.3, 0.4) is 0 Å². The minimum Gasteiger partial charge on any atom is -0.216 e. The van der Waals surface area contributed by atoms with E-state index in [4.69, 9.17) is 0 Å². The minimum absolute atomic E-state index is 0.560. The molecule has 13 heavy (non-hydrogen) atoms. The third kappa shape index (κ3) is 1.59. The first-order valence-corrected chi connectivity index (χ1v) is 4.16. The topological polar surface area (TPSA) is 0 Å². The van der Waals surface area contributed by atoms with E-state index in [1.807, 2.05) is 42.5 Å². The van der Waals surface area contributed by atoms with Crippen LogP contribution in [0.25, 0.3) is 16.8 Å². The van der Waals surface area contributed by atoms with Gasteiger partial charge in [0.25, 0.3) is 0 Å². The summed E-state index contributed by atoms with van der Waals surface area (Å²) in [4.78, 5) is 0. The lowest BCUT2D eigenvalue weighted by atomic mass is 10.1.